The van der Waals surface area contributed by atoms with Gasteiger partial charge in [0.15, 0.2) is 0 Å². The van der Waals surface area contributed by atoms with Crippen molar-refractivity contribution in [3.63, 3.8) is 0 Å². The first-order valence-electron chi connectivity index (χ1n) is 6.57. The second kappa shape index (κ2) is 6.58. The molecule has 0 aromatic rings. The molecule has 0 aliphatic heterocycles. The van der Waals surface area contributed by atoms with Gasteiger partial charge in [-0.2, -0.15) is 0 Å². The zero-order chi connectivity index (χ0) is 12.0. The van der Waals surface area contributed by atoms with Crippen LogP contribution in [0.25, 0.3) is 0 Å². The zero-order valence-corrected chi connectivity index (χ0v) is 11.0. The van der Waals surface area contributed by atoms with Gasteiger partial charge in [-0.25, -0.2) is 0 Å². The van der Waals surface area contributed by atoms with Gasteiger partial charge in [0.2, 0.25) is 0 Å². The molecule has 16 heavy (non-hydrogen) atoms. The van der Waals surface area contributed by atoms with Crippen LogP contribution in [0.3, 0.4) is 0 Å². The molecule has 3 heteroatoms. The van der Waals surface area contributed by atoms with E-state index in [4.69, 9.17) is 4.74 Å². The van der Waals surface area contributed by atoms with Crippen molar-refractivity contribution in [2.45, 2.75) is 58.6 Å². The lowest BCUT2D eigenvalue weighted by Crippen LogP contribution is -2.46. The predicted octanol–water partition coefficient (Wildman–Crippen LogP) is 1.94. The monoisotopic (exact) mass is 229 g/mol. The third-order valence-corrected chi connectivity index (χ3v) is 3.71. The molecule has 0 saturated heterocycles. The van der Waals surface area contributed by atoms with Gasteiger partial charge < -0.3 is 15.2 Å². The lowest BCUT2D eigenvalue weighted by atomic mass is 9.73. The Morgan fingerprint density at radius 1 is 1.50 bits per heavy atom. The van der Waals surface area contributed by atoms with E-state index in [-0.39, 0.29) is 11.5 Å². The van der Waals surface area contributed by atoms with Crippen LogP contribution in [0.2, 0.25) is 0 Å². The summed E-state index contributed by atoms with van der Waals surface area (Å²) in [5.41, 5.74) is 0.0543. The average Bonchev–Trinajstić information content (AvgIpc) is 2.28. The average molecular weight is 229 g/mol. The van der Waals surface area contributed by atoms with E-state index in [0.29, 0.717) is 6.04 Å². The standard InChI is InChI=1S/C13H27NO2/c1-4-16-9-11(2)14-10-13(3)8-6-5-7-12(13)15/h11-12,14-15H,4-10H2,1-3H3. The van der Waals surface area contributed by atoms with Crippen molar-refractivity contribution in [1.82, 2.24) is 5.32 Å². The quantitative estimate of drug-likeness (QED) is 0.731. The fraction of sp³-hybridized carbons (Fsp3) is 1.00. The Hall–Kier alpha value is -0.120. The van der Waals surface area contributed by atoms with E-state index in [0.717, 1.165) is 32.6 Å². The van der Waals surface area contributed by atoms with Gasteiger partial charge in [-0.15, -0.1) is 0 Å². The van der Waals surface area contributed by atoms with E-state index in [1.54, 1.807) is 0 Å². The summed E-state index contributed by atoms with van der Waals surface area (Å²) >= 11 is 0. The molecule has 0 aromatic carbocycles. The van der Waals surface area contributed by atoms with Crippen molar-refractivity contribution >= 4 is 0 Å². The minimum atomic E-state index is -0.145. The first-order valence-corrected chi connectivity index (χ1v) is 6.57. The number of ether oxygens (including phenoxy) is 1. The highest BCUT2D eigenvalue weighted by Gasteiger charge is 2.35. The van der Waals surface area contributed by atoms with Crippen LogP contribution in [0.4, 0.5) is 0 Å². The molecular formula is C13H27NO2. The van der Waals surface area contributed by atoms with Gasteiger partial charge in [0.1, 0.15) is 0 Å². The van der Waals surface area contributed by atoms with Crippen molar-refractivity contribution < 1.29 is 9.84 Å². The van der Waals surface area contributed by atoms with E-state index < -0.39 is 0 Å². The second-order valence-electron chi connectivity index (χ2n) is 5.36. The molecule has 1 saturated carbocycles. The molecule has 0 spiro atoms. The van der Waals surface area contributed by atoms with Crippen LogP contribution in [-0.2, 0) is 4.74 Å². The molecule has 3 atom stereocenters. The second-order valence-corrected chi connectivity index (χ2v) is 5.36. The maximum Gasteiger partial charge on any atom is 0.0616 e. The van der Waals surface area contributed by atoms with Crippen LogP contribution in [0.1, 0.15) is 46.5 Å². The maximum absolute atomic E-state index is 10.0. The Morgan fingerprint density at radius 2 is 2.25 bits per heavy atom. The Morgan fingerprint density at radius 3 is 2.88 bits per heavy atom. The lowest BCUT2D eigenvalue weighted by Gasteiger charge is -2.39. The van der Waals surface area contributed by atoms with Gasteiger partial charge in [-0.3, -0.25) is 0 Å². The first-order chi connectivity index (χ1) is 7.58. The largest absolute Gasteiger partial charge is 0.393 e. The van der Waals surface area contributed by atoms with Gasteiger partial charge in [0, 0.05) is 24.6 Å². The molecule has 1 rings (SSSR count). The highest BCUT2D eigenvalue weighted by atomic mass is 16.5. The molecule has 1 aliphatic rings. The SMILES string of the molecule is CCOCC(C)NCC1(C)CCCCC1O. The number of aliphatic hydroxyl groups excluding tert-OH is 1. The van der Waals surface area contributed by atoms with E-state index in [2.05, 4.69) is 19.2 Å². The van der Waals surface area contributed by atoms with Crippen molar-refractivity contribution in [1.29, 1.82) is 0 Å². The van der Waals surface area contributed by atoms with Crippen LogP contribution >= 0.6 is 0 Å². The minimum absolute atomic E-state index is 0.0543. The summed E-state index contributed by atoms with van der Waals surface area (Å²) in [6, 6.07) is 0.367. The predicted molar refractivity (Wildman–Crippen MR) is 66.5 cm³/mol. The van der Waals surface area contributed by atoms with Crippen molar-refractivity contribution in [3.8, 4) is 0 Å². The smallest absolute Gasteiger partial charge is 0.0616 e. The highest BCUT2D eigenvalue weighted by molar-refractivity contribution is 4.88. The highest BCUT2D eigenvalue weighted by Crippen LogP contribution is 2.35. The summed E-state index contributed by atoms with van der Waals surface area (Å²) in [4.78, 5) is 0. The van der Waals surface area contributed by atoms with Crippen LogP contribution in [-0.4, -0.2) is 37.0 Å². The van der Waals surface area contributed by atoms with Gasteiger partial charge in [-0.1, -0.05) is 19.8 Å². The summed E-state index contributed by atoms with van der Waals surface area (Å²) in [5.74, 6) is 0. The molecule has 2 N–H and O–H groups in total. The fourth-order valence-electron chi connectivity index (χ4n) is 2.35. The van der Waals surface area contributed by atoms with Gasteiger partial charge >= 0.3 is 0 Å². The maximum atomic E-state index is 10.0. The topological polar surface area (TPSA) is 41.5 Å². The number of nitrogens with one attached hydrogen (secondary N) is 1. The molecule has 1 aliphatic carbocycles. The molecular weight excluding hydrogens is 202 g/mol. The lowest BCUT2D eigenvalue weighted by molar-refractivity contribution is -0.00209. The fourth-order valence-corrected chi connectivity index (χ4v) is 2.35. The normalized spacial score (nSPS) is 32.6. The molecule has 3 nitrogen and oxygen atoms in total. The Labute approximate surface area is 99.6 Å². The van der Waals surface area contributed by atoms with Gasteiger partial charge in [0.05, 0.1) is 12.7 Å². The number of hydrogen-bond acceptors (Lipinski definition) is 3. The van der Waals surface area contributed by atoms with E-state index in [1.807, 2.05) is 6.92 Å². The third kappa shape index (κ3) is 4.04. The van der Waals surface area contributed by atoms with Crippen LogP contribution < -0.4 is 5.32 Å². The zero-order valence-electron chi connectivity index (χ0n) is 11.0. The molecule has 0 aromatic heterocycles. The van der Waals surface area contributed by atoms with E-state index in [1.165, 1.54) is 12.8 Å². The van der Waals surface area contributed by atoms with Gasteiger partial charge in [-0.05, 0) is 26.7 Å². The minimum Gasteiger partial charge on any atom is -0.393 e. The molecule has 1 fully saturated rings. The summed E-state index contributed by atoms with van der Waals surface area (Å²) in [7, 11) is 0. The summed E-state index contributed by atoms with van der Waals surface area (Å²) in [6.07, 6.45) is 4.36. The molecule has 0 radical (unpaired) electrons. The number of rotatable bonds is 6. The molecule has 0 heterocycles. The van der Waals surface area contributed by atoms with E-state index in [9.17, 15) is 5.11 Å². The van der Waals surface area contributed by atoms with Crippen LogP contribution in [0.5, 0.6) is 0 Å². The van der Waals surface area contributed by atoms with Crippen LogP contribution in [0.15, 0.2) is 0 Å². The van der Waals surface area contributed by atoms with Crippen molar-refractivity contribution in [2.24, 2.45) is 5.41 Å². The Balaban J connectivity index is 2.29. The number of aliphatic hydroxyl groups is 1. The van der Waals surface area contributed by atoms with E-state index >= 15 is 0 Å². The summed E-state index contributed by atoms with van der Waals surface area (Å²) in [6.45, 7) is 8.75. The molecule has 0 amide bonds. The summed E-state index contributed by atoms with van der Waals surface area (Å²) in [5, 5.41) is 13.5. The number of hydrogen-bond donors (Lipinski definition) is 2. The van der Waals surface area contributed by atoms with Crippen molar-refractivity contribution in [2.75, 3.05) is 19.8 Å². The van der Waals surface area contributed by atoms with Crippen LogP contribution in [0, 0.1) is 5.41 Å². The Kier molecular flexibility index (Phi) is 5.73. The van der Waals surface area contributed by atoms with Crippen molar-refractivity contribution in [3.05, 3.63) is 0 Å². The Bertz CT molecular complexity index is 198. The first kappa shape index (κ1) is 13.9. The molecule has 3 unspecified atom stereocenters. The molecule has 96 valence electrons. The summed E-state index contributed by atoms with van der Waals surface area (Å²) < 4.78 is 5.37. The third-order valence-electron chi connectivity index (χ3n) is 3.71. The van der Waals surface area contributed by atoms with Gasteiger partial charge in [0.25, 0.3) is 0 Å². The molecule has 0 bridgehead atoms.